The van der Waals surface area contributed by atoms with Crippen LogP contribution in [0.1, 0.15) is 30.1 Å². The maximum absolute atomic E-state index is 12.5. The quantitative estimate of drug-likeness (QED) is 0.782. The van der Waals surface area contributed by atoms with Crippen molar-refractivity contribution in [3.8, 4) is 0 Å². The number of amides is 1. The van der Waals surface area contributed by atoms with E-state index in [1.165, 1.54) is 6.26 Å². The molecule has 0 fully saturated rings. The van der Waals surface area contributed by atoms with E-state index in [-0.39, 0.29) is 29.3 Å². The molecule has 2 atom stereocenters. The Morgan fingerprint density at radius 3 is 2.24 bits per heavy atom. The summed E-state index contributed by atoms with van der Waals surface area (Å²) in [5, 5.41) is 9.98. The number of likely N-dealkylation sites (N-methyl/N-ethyl adjacent to an activating group) is 1. The molecular weight excluding hydrogens is 364 g/mol. The topological polar surface area (TPSA) is 93.1 Å². The number of halogens is 1. The number of aryl methyl sites for hydroxylation is 1. The lowest BCUT2D eigenvalue weighted by Crippen LogP contribution is -2.37. The Balaban J connectivity index is 0.00000312. The standard InChI is InChI=1S/C16H22N4O3S.ClH/c1-11(12-5-7-14(8-6-12)24(4,22)23)19-16(21)15(17-2)13-9-18-20(3)10-13;/h5-11,15,17H,1-4H3,(H,19,21);1H. The van der Waals surface area contributed by atoms with E-state index in [0.29, 0.717) is 0 Å². The van der Waals surface area contributed by atoms with Gasteiger partial charge < -0.3 is 10.6 Å². The Labute approximate surface area is 154 Å². The van der Waals surface area contributed by atoms with Crippen LogP contribution in [0.4, 0.5) is 0 Å². The first-order valence-corrected chi connectivity index (χ1v) is 9.37. The molecule has 25 heavy (non-hydrogen) atoms. The molecule has 9 heteroatoms. The van der Waals surface area contributed by atoms with Gasteiger partial charge in [-0.25, -0.2) is 8.42 Å². The zero-order chi connectivity index (χ0) is 17.9. The fourth-order valence-corrected chi connectivity index (χ4v) is 3.05. The van der Waals surface area contributed by atoms with E-state index in [9.17, 15) is 13.2 Å². The molecule has 2 aromatic rings. The van der Waals surface area contributed by atoms with Crippen LogP contribution >= 0.6 is 12.4 Å². The van der Waals surface area contributed by atoms with Gasteiger partial charge in [0.05, 0.1) is 17.1 Å². The molecule has 0 bridgehead atoms. The van der Waals surface area contributed by atoms with Gasteiger partial charge in [-0.2, -0.15) is 5.10 Å². The third kappa shape index (κ3) is 5.29. The lowest BCUT2D eigenvalue weighted by molar-refractivity contribution is -0.123. The molecule has 2 unspecified atom stereocenters. The molecule has 7 nitrogen and oxygen atoms in total. The van der Waals surface area contributed by atoms with E-state index in [2.05, 4.69) is 15.7 Å². The van der Waals surface area contributed by atoms with Crippen molar-refractivity contribution in [2.45, 2.75) is 23.9 Å². The van der Waals surface area contributed by atoms with Crippen molar-refractivity contribution in [2.75, 3.05) is 13.3 Å². The zero-order valence-corrected chi connectivity index (χ0v) is 16.2. The molecule has 0 spiro atoms. The van der Waals surface area contributed by atoms with E-state index in [0.717, 1.165) is 11.1 Å². The van der Waals surface area contributed by atoms with Crippen LogP contribution in [0.5, 0.6) is 0 Å². The third-order valence-corrected chi connectivity index (χ3v) is 4.90. The molecule has 0 saturated heterocycles. The molecule has 1 aromatic carbocycles. The van der Waals surface area contributed by atoms with Gasteiger partial charge in [0.25, 0.3) is 0 Å². The van der Waals surface area contributed by atoms with Crippen molar-refractivity contribution in [2.24, 2.45) is 7.05 Å². The van der Waals surface area contributed by atoms with Crippen molar-refractivity contribution >= 4 is 28.2 Å². The minimum Gasteiger partial charge on any atom is -0.348 e. The second-order valence-electron chi connectivity index (χ2n) is 5.74. The Kier molecular flexibility index (Phi) is 7.16. The van der Waals surface area contributed by atoms with Crippen molar-refractivity contribution in [1.29, 1.82) is 0 Å². The number of rotatable bonds is 6. The number of carbonyl (C=O) groups is 1. The molecule has 1 aromatic heterocycles. The highest BCUT2D eigenvalue weighted by molar-refractivity contribution is 7.90. The first-order valence-electron chi connectivity index (χ1n) is 7.48. The van der Waals surface area contributed by atoms with Gasteiger partial charge in [0.1, 0.15) is 6.04 Å². The van der Waals surface area contributed by atoms with Crippen LogP contribution in [0.2, 0.25) is 0 Å². The Bertz CT molecular complexity index is 818. The fraction of sp³-hybridized carbons (Fsp3) is 0.375. The number of hydrogen-bond acceptors (Lipinski definition) is 5. The number of carbonyl (C=O) groups excluding carboxylic acids is 1. The molecule has 138 valence electrons. The predicted molar refractivity (Wildman–Crippen MR) is 98.4 cm³/mol. The highest BCUT2D eigenvalue weighted by Gasteiger charge is 2.22. The monoisotopic (exact) mass is 386 g/mol. The van der Waals surface area contributed by atoms with Crippen LogP contribution in [-0.2, 0) is 21.7 Å². The summed E-state index contributed by atoms with van der Waals surface area (Å²) in [4.78, 5) is 12.7. The smallest absolute Gasteiger partial charge is 0.242 e. The summed E-state index contributed by atoms with van der Waals surface area (Å²) in [5.41, 5.74) is 1.61. The van der Waals surface area contributed by atoms with Crippen LogP contribution in [0.15, 0.2) is 41.6 Å². The van der Waals surface area contributed by atoms with Gasteiger partial charge in [0.15, 0.2) is 9.84 Å². The van der Waals surface area contributed by atoms with Gasteiger partial charge in [-0.1, -0.05) is 12.1 Å². The summed E-state index contributed by atoms with van der Waals surface area (Å²) >= 11 is 0. The molecular formula is C16H23ClN4O3S. The van der Waals surface area contributed by atoms with Crippen molar-refractivity contribution in [3.05, 3.63) is 47.8 Å². The Morgan fingerprint density at radius 1 is 1.20 bits per heavy atom. The van der Waals surface area contributed by atoms with Crippen LogP contribution in [0.3, 0.4) is 0 Å². The first kappa shape index (κ1) is 21.1. The van der Waals surface area contributed by atoms with Gasteiger partial charge in [-0.05, 0) is 31.7 Å². The Morgan fingerprint density at radius 2 is 1.80 bits per heavy atom. The third-order valence-electron chi connectivity index (χ3n) is 3.78. The highest BCUT2D eigenvalue weighted by Crippen LogP contribution is 2.18. The summed E-state index contributed by atoms with van der Waals surface area (Å²) < 4.78 is 24.6. The molecule has 1 heterocycles. The lowest BCUT2D eigenvalue weighted by atomic mass is 10.1. The summed E-state index contributed by atoms with van der Waals surface area (Å²) in [5.74, 6) is -0.176. The largest absolute Gasteiger partial charge is 0.348 e. The number of benzene rings is 1. The van der Waals surface area contributed by atoms with Crippen LogP contribution in [-0.4, -0.2) is 37.4 Å². The second kappa shape index (κ2) is 8.46. The molecule has 2 N–H and O–H groups in total. The molecule has 0 aliphatic heterocycles. The van der Waals surface area contributed by atoms with Crippen LogP contribution < -0.4 is 10.6 Å². The van der Waals surface area contributed by atoms with Crippen LogP contribution in [0.25, 0.3) is 0 Å². The minimum absolute atomic E-state index is 0. The zero-order valence-electron chi connectivity index (χ0n) is 14.6. The number of sulfone groups is 1. The average Bonchev–Trinajstić information content (AvgIpc) is 2.93. The second-order valence-corrected chi connectivity index (χ2v) is 7.76. The molecule has 1 amide bonds. The van der Waals surface area contributed by atoms with Crippen LogP contribution in [0, 0.1) is 0 Å². The SMILES string of the molecule is CNC(C(=O)NC(C)c1ccc(S(C)(=O)=O)cc1)c1cnn(C)c1.Cl. The number of aromatic nitrogens is 2. The first-order chi connectivity index (χ1) is 11.2. The maximum Gasteiger partial charge on any atom is 0.242 e. The summed E-state index contributed by atoms with van der Waals surface area (Å²) in [6.07, 6.45) is 4.59. The normalized spacial score (nSPS) is 13.6. The molecule has 2 rings (SSSR count). The van der Waals surface area contributed by atoms with Crippen molar-refractivity contribution < 1.29 is 13.2 Å². The average molecular weight is 387 g/mol. The lowest BCUT2D eigenvalue weighted by Gasteiger charge is -2.19. The summed E-state index contributed by atoms with van der Waals surface area (Å²) in [6.45, 7) is 1.85. The van der Waals surface area contributed by atoms with E-state index >= 15 is 0 Å². The van der Waals surface area contributed by atoms with Crippen molar-refractivity contribution in [1.82, 2.24) is 20.4 Å². The summed E-state index contributed by atoms with van der Waals surface area (Å²) in [6, 6.07) is 5.75. The van der Waals surface area contributed by atoms with Gasteiger partial charge in [0.2, 0.25) is 5.91 Å². The fourth-order valence-electron chi connectivity index (χ4n) is 2.42. The highest BCUT2D eigenvalue weighted by atomic mass is 35.5. The van der Waals surface area contributed by atoms with E-state index in [1.807, 2.05) is 6.92 Å². The van der Waals surface area contributed by atoms with Gasteiger partial charge in [0, 0.05) is 25.1 Å². The maximum atomic E-state index is 12.5. The van der Waals surface area contributed by atoms with Gasteiger partial charge >= 0.3 is 0 Å². The van der Waals surface area contributed by atoms with Gasteiger partial charge in [-0.3, -0.25) is 9.48 Å². The van der Waals surface area contributed by atoms with Crippen molar-refractivity contribution in [3.63, 3.8) is 0 Å². The van der Waals surface area contributed by atoms with Gasteiger partial charge in [-0.15, -0.1) is 12.4 Å². The van der Waals surface area contributed by atoms with E-state index in [4.69, 9.17) is 0 Å². The summed E-state index contributed by atoms with van der Waals surface area (Å²) in [7, 11) is 0.277. The minimum atomic E-state index is -3.23. The number of nitrogens with one attached hydrogen (secondary N) is 2. The number of nitrogens with zero attached hydrogens (tertiary/aromatic N) is 2. The van der Waals surface area contributed by atoms with E-state index in [1.54, 1.807) is 55.4 Å². The predicted octanol–water partition coefficient (Wildman–Crippen LogP) is 1.38. The molecule has 0 radical (unpaired) electrons. The Hall–Kier alpha value is -1.90. The number of hydrogen-bond donors (Lipinski definition) is 2. The van der Waals surface area contributed by atoms with E-state index < -0.39 is 15.9 Å². The molecule has 0 aliphatic rings. The molecule has 0 saturated carbocycles. The molecule has 0 aliphatic carbocycles.